The first-order valence-corrected chi connectivity index (χ1v) is 4.43. The van der Waals surface area contributed by atoms with Crippen molar-refractivity contribution >= 4 is 11.1 Å². The first-order chi connectivity index (χ1) is 4.22. The van der Waals surface area contributed by atoms with Crippen LogP contribution in [0.1, 0.15) is 26.2 Å². The van der Waals surface area contributed by atoms with Crippen LogP contribution in [-0.4, -0.2) is 14.0 Å². The van der Waals surface area contributed by atoms with Gasteiger partial charge < -0.3 is 4.55 Å². The molecule has 0 heterocycles. The fourth-order valence-corrected chi connectivity index (χ4v) is 1.65. The van der Waals surface area contributed by atoms with E-state index in [9.17, 15) is 8.76 Å². The molecule has 1 aliphatic carbocycles. The lowest BCUT2D eigenvalue weighted by Gasteiger charge is -2.32. The molecule has 0 amide bonds. The molecule has 54 valence electrons. The van der Waals surface area contributed by atoms with Crippen LogP contribution in [0.15, 0.2) is 0 Å². The molecule has 0 N–H and O–H groups in total. The fourth-order valence-electron chi connectivity index (χ4n) is 1.07. The van der Waals surface area contributed by atoms with Crippen LogP contribution in [0.3, 0.4) is 0 Å². The Morgan fingerprint density at radius 2 is 2.22 bits per heavy atom. The van der Waals surface area contributed by atoms with E-state index >= 15 is 0 Å². The first kappa shape index (κ1) is 7.22. The van der Waals surface area contributed by atoms with Crippen molar-refractivity contribution in [1.82, 2.24) is 0 Å². The lowest BCUT2D eigenvalue weighted by atomic mass is 9.83. The monoisotopic (exact) mass is 147 g/mol. The van der Waals surface area contributed by atoms with E-state index in [0.717, 1.165) is 12.8 Å². The Balaban J connectivity index is 2.32. The van der Waals surface area contributed by atoms with Crippen molar-refractivity contribution in [3.63, 3.8) is 0 Å². The highest BCUT2D eigenvalue weighted by Gasteiger charge is 2.23. The van der Waals surface area contributed by atoms with Crippen molar-refractivity contribution in [3.8, 4) is 0 Å². The zero-order valence-electron chi connectivity index (χ0n) is 5.50. The third kappa shape index (κ3) is 1.52. The van der Waals surface area contributed by atoms with E-state index in [1.165, 1.54) is 6.42 Å². The Labute approximate surface area is 57.9 Å². The minimum atomic E-state index is -1.84. The molecule has 0 aromatic carbocycles. The molecule has 1 saturated carbocycles. The van der Waals surface area contributed by atoms with Gasteiger partial charge in [-0.3, -0.25) is 4.21 Å². The molecule has 0 aromatic rings. The molecule has 1 rings (SSSR count). The van der Waals surface area contributed by atoms with Gasteiger partial charge in [0, 0.05) is 5.25 Å². The van der Waals surface area contributed by atoms with E-state index in [2.05, 4.69) is 0 Å². The second kappa shape index (κ2) is 2.80. The summed E-state index contributed by atoms with van der Waals surface area (Å²) in [6, 6.07) is 0. The molecule has 2 unspecified atom stereocenters. The van der Waals surface area contributed by atoms with Gasteiger partial charge in [-0.2, -0.15) is 0 Å². The van der Waals surface area contributed by atoms with E-state index in [-0.39, 0.29) is 5.25 Å². The minimum absolute atomic E-state index is 0.112. The van der Waals surface area contributed by atoms with Gasteiger partial charge in [0.05, 0.1) is 0 Å². The van der Waals surface area contributed by atoms with Crippen LogP contribution >= 0.6 is 0 Å². The third-order valence-electron chi connectivity index (χ3n) is 2.12. The van der Waals surface area contributed by atoms with Gasteiger partial charge in [-0.1, -0.05) is 24.4 Å². The average molecular weight is 147 g/mol. The van der Waals surface area contributed by atoms with Crippen LogP contribution in [0.4, 0.5) is 0 Å². The van der Waals surface area contributed by atoms with E-state index in [1.54, 1.807) is 6.92 Å². The molecule has 0 saturated heterocycles. The van der Waals surface area contributed by atoms with E-state index in [0.29, 0.717) is 5.92 Å². The molecule has 2 nitrogen and oxygen atoms in total. The molecule has 0 aliphatic heterocycles. The van der Waals surface area contributed by atoms with Crippen LogP contribution in [0, 0.1) is 5.92 Å². The topological polar surface area (TPSA) is 40.1 Å². The summed E-state index contributed by atoms with van der Waals surface area (Å²) in [5, 5.41) is -0.112. The van der Waals surface area contributed by atoms with Crippen molar-refractivity contribution in [3.05, 3.63) is 0 Å². The Morgan fingerprint density at radius 3 is 2.33 bits per heavy atom. The zero-order valence-corrected chi connectivity index (χ0v) is 6.32. The summed E-state index contributed by atoms with van der Waals surface area (Å²) < 4.78 is 20.7. The van der Waals surface area contributed by atoms with Crippen LogP contribution in [-0.2, 0) is 11.1 Å². The van der Waals surface area contributed by atoms with Crippen LogP contribution in [0.2, 0.25) is 0 Å². The van der Waals surface area contributed by atoms with E-state index in [4.69, 9.17) is 0 Å². The molecule has 0 aromatic heterocycles. The van der Waals surface area contributed by atoms with Crippen molar-refractivity contribution in [2.24, 2.45) is 5.92 Å². The van der Waals surface area contributed by atoms with Gasteiger partial charge in [0.15, 0.2) is 0 Å². The summed E-state index contributed by atoms with van der Waals surface area (Å²) in [7, 11) is 0. The van der Waals surface area contributed by atoms with E-state index in [1.807, 2.05) is 0 Å². The fraction of sp³-hybridized carbons (Fsp3) is 1.00. The highest BCUT2D eigenvalue weighted by Crippen LogP contribution is 2.31. The number of hydrogen-bond acceptors (Lipinski definition) is 2. The second-order valence-electron chi connectivity index (χ2n) is 2.66. The normalized spacial score (nSPS) is 26.9. The smallest absolute Gasteiger partial charge is 0.0215 e. The molecule has 0 bridgehead atoms. The largest absolute Gasteiger partial charge is 0.772 e. The lowest BCUT2D eigenvalue weighted by molar-refractivity contribution is 0.304. The third-order valence-corrected chi connectivity index (χ3v) is 3.11. The van der Waals surface area contributed by atoms with Crippen molar-refractivity contribution < 1.29 is 8.76 Å². The highest BCUT2D eigenvalue weighted by molar-refractivity contribution is 7.79. The molecule has 9 heavy (non-hydrogen) atoms. The molecule has 2 atom stereocenters. The standard InChI is InChI=1S/C6H12O2S/c1-5(9(7)8)6-3-2-4-6/h5-6H,2-4H2,1H3,(H,7,8)/p-1. The summed E-state index contributed by atoms with van der Waals surface area (Å²) in [5.74, 6) is 0.461. The average Bonchev–Trinajstić information content (AvgIpc) is 1.60. The molecule has 1 aliphatic rings. The van der Waals surface area contributed by atoms with Gasteiger partial charge in [-0.05, 0) is 18.8 Å². The summed E-state index contributed by atoms with van der Waals surface area (Å²) in [5.41, 5.74) is 0. The predicted molar refractivity (Wildman–Crippen MR) is 35.7 cm³/mol. The zero-order chi connectivity index (χ0) is 6.85. The quantitative estimate of drug-likeness (QED) is 0.548. The van der Waals surface area contributed by atoms with Crippen molar-refractivity contribution in [2.75, 3.05) is 0 Å². The SMILES string of the molecule is CC(C1CCC1)S(=O)[O-]. The maximum absolute atomic E-state index is 10.3. The molecular weight excluding hydrogens is 136 g/mol. The van der Waals surface area contributed by atoms with Gasteiger partial charge in [0.2, 0.25) is 0 Å². The molecule has 0 radical (unpaired) electrons. The van der Waals surface area contributed by atoms with Crippen LogP contribution in [0.5, 0.6) is 0 Å². The molecule has 3 heteroatoms. The van der Waals surface area contributed by atoms with Gasteiger partial charge in [-0.25, -0.2) is 0 Å². The Kier molecular flexibility index (Phi) is 2.24. The summed E-state index contributed by atoms with van der Waals surface area (Å²) in [6.07, 6.45) is 3.43. The van der Waals surface area contributed by atoms with Gasteiger partial charge in [0.1, 0.15) is 0 Å². The Bertz CT molecular complexity index is 120. The first-order valence-electron chi connectivity index (χ1n) is 3.30. The molecule has 1 fully saturated rings. The van der Waals surface area contributed by atoms with Gasteiger partial charge in [-0.15, -0.1) is 0 Å². The van der Waals surface area contributed by atoms with Crippen LogP contribution < -0.4 is 0 Å². The number of rotatable bonds is 2. The molecule has 0 spiro atoms. The van der Waals surface area contributed by atoms with E-state index < -0.39 is 11.1 Å². The maximum atomic E-state index is 10.3. The summed E-state index contributed by atoms with van der Waals surface area (Å²) in [6.45, 7) is 1.78. The maximum Gasteiger partial charge on any atom is 0.0215 e. The summed E-state index contributed by atoms with van der Waals surface area (Å²) >= 11 is -1.84. The minimum Gasteiger partial charge on any atom is -0.772 e. The Morgan fingerprint density at radius 1 is 1.67 bits per heavy atom. The number of hydrogen-bond donors (Lipinski definition) is 0. The summed E-state index contributed by atoms with van der Waals surface area (Å²) in [4.78, 5) is 0. The van der Waals surface area contributed by atoms with Gasteiger partial charge in [0.25, 0.3) is 0 Å². The van der Waals surface area contributed by atoms with Crippen molar-refractivity contribution in [1.29, 1.82) is 0 Å². The van der Waals surface area contributed by atoms with Crippen molar-refractivity contribution in [2.45, 2.75) is 31.4 Å². The highest BCUT2D eigenvalue weighted by atomic mass is 32.2. The van der Waals surface area contributed by atoms with Gasteiger partial charge >= 0.3 is 0 Å². The predicted octanol–water partition coefficient (Wildman–Crippen LogP) is 1.05. The second-order valence-corrected chi connectivity index (χ2v) is 3.92. The molecular formula is C6H11O2S-. The van der Waals surface area contributed by atoms with Crippen LogP contribution in [0.25, 0.3) is 0 Å². The lowest BCUT2D eigenvalue weighted by Crippen LogP contribution is -2.27. The Hall–Kier alpha value is 0.110.